The van der Waals surface area contributed by atoms with Crippen LogP contribution in [-0.2, 0) is 0 Å². The third-order valence-corrected chi connectivity index (χ3v) is 2.82. The summed E-state index contributed by atoms with van der Waals surface area (Å²) in [6.45, 7) is 0. The Balaban J connectivity index is 2.85. The van der Waals surface area contributed by atoms with Crippen molar-refractivity contribution in [2.75, 3.05) is 0 Å². The minimum Gasteiger partial charge on any atom is -0.316 e. The molecule has 1 rings (SSSR count). The van der Waals surface area contributed by atoms with Crippen molar-refractivity contribution in [3.8, 4) is 0 Å². The van der Waals surface area contributed by atoms with E-state index < -0.39 is 12.2 Å². The fourth-order valence-corrected chi connectivity index (χ4v) is 1.89. The normalized spacial score (nSPS) is 14.8. The van der Waals surface area contributed by atoms with Crippen LogP contribution in [0.25, 0.3) is 0 Å². The van der Waals surface area contributed by atoms with E-state index in [1.54, 1.807) is 0 Å². The molecule has 68 valence electrons. The van der Waals surface area contributed by atoms with Gasteiger partial charge in [0, 0.05) is 0 Å². The molecule has 6 heteroatoms. The number of halogens is 4. The number of rotatable bonds is 1. The highest BCUT2D eigenvalue weighted by Gasteiger charge is 2.38. The third-order valence-electron chi connectivity index (χ3n) is 1.30. The lowest BCUT2D eigenvalue weighted by atomic mass is 10.2. The van der Waals surface area contributed by atoms with Gasteiger partial charge < -0.3 is 5.73 Å². The highest BCUT2D eigenvalue weighted by molar-refractivity contribution is 9.11. The maximum absolute atomic E-state index is 12.0. The SMILES string of the molecule is N[C@H](c1csc(Br)c1)C(F)(F)F. The summed E-state index contributed by atoms with van der Waals surface area (Å²) in [4.78, 5) is 0. The monoisotopic (exact) mass is 259 g/mol. The first kappa shape index (κ1) is 10.0. The van der Waals surface area contributed by atoms with Crippen LogP contribution < -0.4 is 5.73 Å². The van der Waals surface area contributed by atoms with E-state index in [2.05, 4.69) is 15.9 Å². The Labute approximate surface area is 79.5 Å². The zero-order valence-electron chi connectivity index (χ0n) is 5.73. The van der Waals surface area contributed by atoms with Gasteiger partial charge in [0.1, 0.15) is 6.04 Å². The van der Waals surface area contributed by atoms with Crippen LogP contribution in [0, 0.1) is 0 Å². The minimum absolute atomic E-state index is 0.0966. The minimum atomic E-state index is -4.36. The van der Waals surface area contributed by atoms with Gasteiger partial charge in [-0.3, -0.25) is 0 Å². The molecule has 2 N–H and O–H groups in total. The molecule has 0 fully saturated rings. The molecule has 0 radical (unpaired) electrons. The predicted molar refractivity (Wildman–Crippen MR) is 45.0 cm³/mol. The quantitative estimate of drug-likeness (QED) is 0.825. The Kier molecular flexibility index (Phi) is 2.80. The zero-order valence-corrected chi connectivity index (χ0v) is 8.13. The van der Waals surface area contributed by atoms with Crippen molar-refractivity contribution in [2.45, 2.75) is 12.2 Å². The van der Waals surface area contributed by atoms with E-state index in [1.807, 2.05) is 0 Å². The van der Waals surface area contributed by atoms with Gasteiger partial charge >= 0.3 is 6.18 Å². The van der Waals surface area contributed by atoms with Crippen LogP contribution in [0.3, 0.4) is 0 Å². The van der Waals surface area contributed by atoms with Crippen molar-refractivity contribution >= 4 is 27.3 Å². The molecule has 0 aliphatic heterocycles. The van der Waals surface area contributed by atoms with Crippen molar-refractivity contribution < 1.29 is 13.2 Å². The second-order valence-electron chi connectivity index (χ2n) is 2.20. The van der Waals surface area contributed by atoms with E-state index in [4.69, 9.17) is 5.73 Å². The predicted octanol–water partition coefficient (Wildman–Crippen LogP) is 3.07. The molecule has 1 atom stereocenters. The van der Waals surface area contributed by atoms with Crippen LogP contribution in [0.1, 0.15) is 11.6 Å². The lowest BCUT2D eigenvalue weighted by molar-refractivity contribution is -0.149. The molecule has 0 saturated carbocycles. The number of hydrogen-bond donors (Lipinski definition) is 1. The van der Waals surface area contributed by atoms with Gasteiger partial charge in [-0.05, 0) is 32.9 Å². The molecule has 1 heterocycles. The molecule has 1 aromatic rings. The molecule has 0 saturated heterocycles. The standard InChI is InChI=1S/C6H5BrF3NS/c7-4-1-3(2-12-4)5(11)6(8,9)10/h1-2,5H,11H2/t5-/m1/s1. The van der Waals surface area contributed by atoms with Crippen LogP contribution in [-0.4, -0.2) is 6.18 Å². The smallest absolute Gasteiger partial charge is 0.316 e. The van der Waals surface area contributed by atoms with Gasteiger partial charge in [-0.1, -0.05) is 0 Å². The molecular weight excluding hydrogens is 255 g/mol. The largest absolute Gasteiger partial charge is 0.407 e. The van der Waals surface area contributed by atoms with Crippen LogP contribution in [0.2, 0.25) is 0 Å². The van der Waals surface area contributed by atoms with Crippen LogP contribution in [0.15, 0.2) is 15.2 Å². The van der Waals surface area contributed by atoms with E-state index in [0.717, 1.165) is 0 Å². The average Bonchev–Trinajstić information content (AvgIpc) is 2.32. The van der Waals surface area contributed by atoms with Crippen LogP contribution in [0.5, 0.6) is 0 Å². The van der Waals surface area contributed by atoms with Crippen LogP contribution in [0.4, 0.5) is 13.2 Å². The summed E-state index contributed by atoms with van der Waals surface area (Å²) in [5.74, 6) is 0. The number of nitrogens with two attached hydrogens (primary N) is 1. The molecular formula is C6H5BrF3NS. The Morgan fingerprint density at radius 3 is 2.42 bits per heavy atom. The topological polar surface area (TPSA) is 26.0 Å². The van der Waals surface area contributed by atoms with E-state index in [0.29, 0.717) is 3.79 Å². The molecule has 1 aromatic heterocycles. The molecule has 0 spiro atoms. The first-order chi connectivity index (χ1) is 5.41. The molecule has 0 aromatic carbocycles. The summed E-state index contributed by atoms with van der Waals surface area (Å²) in [5, 5.41) is 1.39. The first-order valence-corrected chi connectivity index (χ1v) is 4.65. The molecule has 0 aliphatic carbocycles. The summed E-state index contributed by atoms with van der Waals surface area (Å²) in [7, 11) is 0. The van der Waals surface area contributed by atoms with Crippen molar-refractivity contribution in [3.63, 3.8) is 0 Å². The van der Waals surface area contributed by atoms with E-state index in [-0.39, 0.29) is 5.56 Å². The van der Waals surface area contributed by atoms with Crippen molar-refractivity contribution in [3.05, 3.63) is 20.8 Å². The third kappa shape index (κ3) is 2.21. The van der Waals surface area contributed by atoms with E-state index in [1.165, 1.54) is 22.8 Å². The van der Waals surface area contributed by atoms with Gasteiger partial charge in [0.05, 0.1) is 3.79 Å². The summed E-state index contributed by atoms with van der Waals surface area (Å²) >= 11 is 4.25. The molecule has 0 aliphatic rings. The van der Waals surface area contributed by atoms with Gasteiger partial charge in [0.2, 0.25) is 0 Å². The Morgan fingerprint density at radius 2 is 2.08 bits per heavy atom. The van der Waals surface area contributed by atoms with Gasteiger partial charge in [0.15, 0.2) is 0 Å². The second-order valence-corrected chi connectivity index (χ2v) is 4.49. The Bertz CT molecular complexity index is 270. The number of alkyl halides is 3. The fourth-order valence-electron chi connectivity index (χ4n) is 0.675. The second kappa shape index (κ2) is 3.35. The maximum atomic E-state index is 12.0. The molecule has 0 unspecified atom stereocenters. The van der Waals surface area contributed by atoms with Gasteiger partial charge in [-0.2, -0.15) is 13.2 Å². The highest BCUT2D eigenvalue weighted by atomic mass is 79.9. The molecule has 12 heavy (non-hydrogen) atoms. The molecule has 0 bridgehead atoms. The number of hydrogen-bond acceptors (Lipinski definition) is 2. The summed E-state index contributed by atoms with van der Waals surface area (Å²) < 4.78 is 36.7. The lowest BCUT2D eigenvalue weighted by Gasteiger charge is -2.13. The van der Waals surface area contributed by atoms with Crippen molar-refractivity contribution in [1.29, 1.82) is 0 Å². The Hall–Kier alpha value is -0.0700. The van der Waals surface area contributed by atoms with Gasteiger partial charge in [0.25, 0.3) is 0 Å². The molecule has 1 nitrogen and oxygen atoms in total. The molecule has 0 amide bonds. The summed E-state index contributed by atoms with van der Waals surface area (Å²) in [6, 6.07) is -0.497. The maximum Gasteiger partial charge on any atom is 0.407 e. The van der Waals surface area contributed by atoms with E-state index in [9.17, 15) is 13.2 Å². The number of thiophene rings is 1. The zero-order chi connectivity index (χ0) is 9.35. The summed E-state index contributed by atoms with van der Waals surface area (Å²) in [5.41, 5.74) is 5.04. The van der Waals surface area contributed by atoms with Crippen molar-refractivity contribution in [2.24, 2.45) is 5.73 Å². The van der Waals surface area contributed by atoms with Crippen LogP contribution >= 0.6 is 27.3 Å². The van der Waals surface area contributed by atoms with Gasteiger partial charge in [-0.25, -0.2) is 0 Å². The van der Waals surface area contributed by atoms with E-state index >= 15 is 0 Å². The fraction of sp³-hybridized carbons (Fsp3) is 0.333. The van der Waals surface area contributed by atoms with Gasteiger partial charge in [-0.15, -0.1) is 11.3 Å². The summed E-state index contributed by atoms with van der Waals surface area (Å²) in [6.07, 6.45) is -4.36. The lowest BCUT2D eigenvalue weighted by Crippen LogP contribution is -2.27. The first-order valence-electron chi connectivity index (χ1n) is 2.97. The average molecular weight is 260 g/mol. The Morgan fingerprint density at radius 1 is 1.50 bits per heavy atom. The highest BCUT2D eigenvalue weighted by Crippen LogP contribution is 2.33. The van der Waals surface area contributed by atoms with Crippen molar-refractivity contribution in [1.82, 2.24) is 0 Å².